The van der Waals surface area contributed by atoms with Crippen LogP contribution < -0.4 is 5.32 Å². The van der Waals surface area contributed by atoms with Crippen LogP contribution >= 0.6 is 24.0 Å². The number of alkyl halides is 3. The topological polar surface area (TPSA) is 49.3 Å². The van der Waals surface area contributed by atoms with E-state index in [1.54, 1.807) is 7.05 Å². The summed E-state index contributed by atoms with van der Waals surface area (Å²) >= 11 is 0. The van der Waals surface area contributed by atoms with Crippen LogP contribution in [0.2, 0.25) is 0 Å². The number of nitrogens with zero attached hydrogens (tertiary/aromatic N) is 3. The van der Waals surface area contributed by atoms with E-state index in [2.05, 4.69) is 10.3 Å². The largest absolute Gasteiger partial charge is 0.403 e. The minimum absolute atomic E-state index is 0. The van der Waals surface area contributed by atoms with Gasteiger partial charge in [0, 0.05) is 66.2 Å². The predicted octanol–water partition coefficient (Wildman–Crippen LogP) is 2.58. The van der Waals surface area contributed by atoms with Crippen LogP contribution in [0.25, 0.3) is 0 Å². The molecule has 0 aromatic carbocycles. The lowest BCUT2D eigenvalue weighted by molar-refractivity contribution is -0.181. The van der Waals surface area contributed by atoms with Crippen LogP contribution in [0.1, 0.15) is 26.2 Å². The van der Waals surface area contributed by atoms with Gasteiger partial charge in [-0.25, -0.2) is 0 Å². The van der Waals surface area contributed by atoms with Gasteiger partial charge in [-0.15, -0.1) is 24.0 Å². The molecule has 0 aliphatic carbocycles. The molecule has 2 aliphatic rings. The quantitative estimate of drug-likeness (QED) is 0.241. The highest BCUT2D eigenvalue weighted by Crippen LogP contribution is 2.25. The number of rotatable bonds is 7. The molecule has 166 valence electrons. The summed E-state index contributed by atoms with van der Waals surface area (Å²) in [6.07, 6.45) is -1.16. The van der Waals surface area contributed by atoms with Crippen LogP contribution in [-0.2, 0) is 9.47 Å². The average molecular weight is 522 g/mol. The summed E-state index contributed by atoms with van der Waals surface area (Å²) in [5.41, 5.74) is 0. The highest BCUT2D eigenvalue weighted by atomic mass is 127. The van der Waals surface area contributed by atoms with Crippen LogP contribution in [0.3, 0.4) is 0 Å². The van der Waals surface area contributed by atoms with Crippen molar-refractivity contribution < 1.29 is 22.6 Å². The van der Waals surface area contributed by atoms with E-state index in [4.69, 9.17) is 9.47 Å². The summed E-state index contributed by atoms with van der Waals surface area (Å²) in [5, 5.41) is 3.29. The van der Waals surface area contributed by atoms with E-state index in [1.165, 1.54) is 11.8 Å². The molecule has 2 heterocycles. The minimum atomic E-state index is -4.17. The third-order valence-corrected chi connectivity index (χ3v) is 5.29. The molecule has 0 aromatic heterocycles. The van der Waals surface area contributed by atoms with Gasteiger partial charge in [0.25, 0.3) is 0 Å². The van der Waals surface area contributed by atoms with Crippen LogP contribution in [0.4, 0.5) is 13.2 Å². The number of hydrogen-bond donors (Lipinski definition) is 1. The first kappa shape index (κ1) is 25.7. The second kappa shape index (κ2) is 13.1. The zero-order valence-corrected chi connectivity index (χ0v) is 19.2. The molecular weight excluding hydrogens is 488 g/mol. The molecule has 1 unspecified atom stereocenters. The first-order chi connectivity index (χ1) is 12.9. The maximum atomic E-state index is 12.8. The van der Waals surface area contributed by atoms with Gasteiger partial charge in [-0.2, -0.15) is 13.2 Å². The van der Waals surface area contributed by atoms with Crippen molar-refractivity contribution in [2.75, 3.05) is 66.2 Å². The zero-order chi connectivity index (χ0) is 19.7. The van der Waals surface area contributed by atoms with Crippen molar-refractivity contribution in [3.63, 3.8) is 0 Å². The number of aliphatic imine (C=N–C) groups is 1. The van der Waals surface area contributed by atoms with Crippen molar-refractivity contribution in [3.8, 4) is 0 Å². The maximum absolute atomic E-state index is 12.8. The second-order valence-electron chi connectivity index (χ2n) is 7.20. The summed E-state index contributed by atoms with van der Waals surface area (Å²) in [6, 6.07) is -1.40. The van der Waals surface area contributed by atoms with E-state index in [9.17, 15) is 13.2 Å². The first-order valence-electron chi connectivity index (χ1n) is 9.83. The Balaban J connectivity index is 0.00000392. The number of hydrogen-bond acceptors (Lipinski definition) is 4. The molecular formula is C18H34F3IN4O2. The van der Waals surface area contributed by atoms with Crippen LogP contribution in [0, 0.1) is 5.92 Å². The van der Waals surface area contributed by atoms with E-state index in [0.717, 1.165) is 51.6 Å². The van der Waals surface area contributed by atoms with Crippen molar-refractivity contribution in [2.45, 2.75) is 38.4 Å². The Morgan fingerprint density at radius 3 is 2.43 bits per heavy atom. The van der Waals surface area contributed by atoms with Gasteiger partial charge >= 0.3 is 6.18 Å². The molecule has 28 heavy (non-hydrogen) atoms. The Morgan fingerprint density at radius 1 is 1.21 bits per heavy atom. The van der Waals surface area contributed by atoms with E-state index in [1.807, 2.05) is 4.90 Å². The van der Waals surface area contributed by atoms with Gasteiger partial charge in [-0.1, -0.05) is 0 Å². The van der Waals surface area contributed by atoms with Crippen molar-refractivity contribution in [2.24, 2.45) is 10.9 Å². The molecule has 0 radical (unpaired) electrons. The third kappa shape index (κ3) is 8.58. The summed E-state index contributed by atoms with van der Waals surface area (Å²) in [4.78, 5) is 7.75. The minimum Gasteiger partial charge on any atom is -0.381 e. The van der Waals surface area contributed by atoms with Gasteiger partial charge in [0.1, 0.15) is 6.04 Å². The van der Waals surface area contributed by atoms with Gasteiger partial charge in [-0.3, -0.25) is 9.89 Å². The molecule has 0 spiro atoms. The smallest absolute Gasteiger partial charge is 0.381 e. The van der Waals surface area contributed by atoms with Crippen molar-refractivity contribution in [1.82, 2.24) is 15.1 Å². The molecule has 6 nitrogen and oxygen atoms in total. The maximum Gasteiger partial charge on any atom is 0.403 e. The SMILES string of the molecule is CN=C(NCCCOCC1CCOCC1)N1CCN(C(C)C(F)(F)F)CC1.I. The van der Waals surface area contributed by atoms with E-state index in [-0.39, 0.29) is 24.0 Å². The summed E-state index contributed by atoms with van der Waals surface area (Å²) in [6.45, 7) is 6.96. The van der Waals surface area contributed by atoms with Gasteiger partial charge in [0.15, 0.2) is 5.96 Å². The monoisotopic (exact) mass is 522 g/mol. The Kier molecular flexibility index (Phi) is 12.0. The van der Waals surface area contributed by atoms with E-state index < -0.39 is 12.2 Å². The predicted molar refractivity (Wildman–Crippen MR) is 114 cm³/mol. The van der Waals surface area contributed by atoms with Crippen LogP contribution in [-0.4, -0.2) is 94.2 Å². The fraction of sp³-hybridized carbons (Fsp3) is 0.944. The molecule has 2 fully saturated rings. The van der Waals surface area contributed by atoms with Gasteiger partial charge in [0.05, 0.1) is 0 Å². The fourth-order valence-corrected chi connectivity index (χ4v) is 3.40. The van der Waals surface area contributed by atoms with Crippen molar-refractivity contribution >= 4 is 29.9 Å². The molecule has 0 aromatic rings. The van der Waals surface area contributed by atoms with Gasteiger partial charge in [0.2, 0.25) is 0 Å². The molecule has 0 bridgehead atoms. The zero-order valence-electron chi connectivity index (χ0n) is 16.8. The molecule has 10 heteroatoms. The molecule has 0 saturated carbocycles. The number of ether oxygens (including phenoxy) is 2. The Labute approximate surface area is 183 Å². The Hall–Kier alpha value is -0.330. The molecule has 2 rings (SSSR count). The van der Waals surface area contributed by atoms with Crippen LogP contribution in [0.15, 0.2) is 4.99 Å². The average Bonchev–Trinajstić information content (AvgIpc) is 2.67. The van der Waals surface area contributed by atoms with E-state index in [0.29, 0.717) is 38.7 Å². The lowest BCUT2D eigenvalue weighted by atomic mass is 10.0. The number of halogens is 4. The lowest BCUT2D eigenvalue weighted by Crippen LogP contribution is -2.56. The summed E-state index contributed by atoms with van der Waals surface area (Å²) in [5.74, 6) is 1.36. The summed E-state index contributed by atoms with van der Waals surface area (Å²) < 4.78 is 49.6. The normalized spacial score (nSPS) is 21.3. The Morgan fingerprint density at radius 2 is 1.86 bits per heavy atom. The molecule has 2 saturated heterocycles. The number of guanidine groups is 1. The second-order valence-corrected chi connectivity index (χ2v) is 7.20. The van der Waals surface area contributed by atoms with Gasteiger partial charge < -0.3 is 19.7 Å². The standard InChI is InChI=1S/C18H33F3N4O2.HI/c1-15(18(19,20)21)24-7-9-25(10-8-24)17(22-2)23-6-3-11-27-14-16-4-12-26-13-5-16;/h15-16H,3-14H2,1-2H3,(H,22,23);1H. The number of piperazine rings is 1. The molecule has 1 N–H and O–H groups in total. The number of nitrogens with one attached hydrogen (secondary N) is 1. The first-order valence-corrected chi connectivity index (χ1v) is 9.83. The molecule has 2 aliphatic heterocycles. The molecule has 1 atom stereocenters. The van der Waals surface area contributed by atoms with Crippen molar-refractivity contribution in [1.29, 1.82) is 0 Å². The third-order valence-electron chi connectivity index (χ3n) is 5.29. The highest BCUT2D eigenvalue weighted by Gasteiger charge is 2.41. The fourth-order valence-electron chi connectivity index (χ4n) is 3.40. The van der Waals surface area contributed by atoms with E-state index >= 15 is 0 Å². The lowest BCUT2D eigenvalue weighted by Gasteiger charge is -2.39. The Bertz CT molecular complexity index is 455. The van der Waals surface area contributed by atoms with Gasteiger partial charge in [-0.05, 0) is 32.1 Å². The highest BCUT2D eigenvalue weighted by molar-refractivity contribution is 14.0. The van der Waals surface area contributed by atoms with Crippen LogP contribution in [0.5, 0.6) is 0 Å². The molecule has 0 amide bonds. The summed E-state index contributed by atoms with van der Waals surface area (Å²) in [7, 11) is 1.70. The van der Waals surface area contributed by atoms with Crippen molar-refractivity contribution in [3.05, 3.63) is 0 Å².